The van der Waals surface area contributed by atoms with Crippen LogP contribution in [0.15, 0.2) is 0 Å². The average Bonchev–Trinajstić information content (AvgIpc) is 2.94. The van der Waals surface area contributed by atoms with Crippen LogP contribution in [-0.4, -0.2) is 67.7 Å². The highest BCUT2D eigenvalue weighted by molar-refractivity contribution is 5.09. The normalized spacial score (nSPS) is 45.8. The maximum Gasteiger partial charge on any atom is 0.0238 e. The molecule has 0 aromatic rings. The van der Waals surface area contributed by atoms with Crippen LogP contribution in [0.5, 0.6) is 0 Å². The Bertz CT molecular complexity index is 354. The molecule has 1 saturated carbocycles. The van der Waals surface area contributed by atoms with Crippen molar-refractivity contribution in [3.05, 3.63) is 0 Å². The Balaban J connectivity index is 1.32. The molecule has 4 atom stereocenters. The lowest BCUT2D eigenvalue weighted by atomic mass is 9.90. The molecule has 0 bridgehead atoms. The molecule has 108 valence electrons. The summed E-state index contributed by atoms with van der Waals surface area (Å²) in [4.78, 5) is 5.12. The zero-order valence-electron chi connectivity index (χ0n) is 12.1. The zero-order valence-corrected chi connectivity index (χ0v) is 12.1. The fraction of sp³-hybridized carbons (Fsp3) is 1.00. The van der Waals surface area contributed by atoms with Crippen LogP contribution in [-0.2, 0) is 0 Å². The molecule has 3 heterocycles. The molecule has 19 heavy (non-hydrogen) atoms. The van der Waals surface area contributed by atoms with Crippen molar-refractivity contribution in [1.82, 2.24) is 15.1 Å². The molecule has 4 fully saturated rings. The molecular weight excluding hydrogens is 236 g/mol. The van der Waals surface area contributed by atoms with E-state index in [1.807, 2.05) is 0 Å². The fourth-order valence-electron chi connectivity index (χ4n) is 4.75. The summed E-state index contributed by atoms with van der Waals surface area (Å²) in [5, 5.41) is 3.91. The third-order valence-corrected chi connectivity index (χ3v) is 6.11. The molecule has 4 heteroatoms. The van der Waals surface area contributed by atoms with Gasteiger partial charge in [0.1, 0.15) is 0 Å². The van der Waals surface area contributed by atoms with E-state index in [2.05, 4.69) is 22.2 Å². The second-order valence-electron chi connectivity index (χ2n) is 7.69. The number of fused-ring (bicyclic) bond motifs is 1. The third kappa shape index (κ3) is 2.23. The summed E-state index contributed by atoms with van der Waals surface area (Å²) >= 11 is 0. The van der Waals surface area contributed by atoms with Gasteiger partial charge in [-0.3, -0.25) is 4.90 Å². The van der Waals surface area contributed by atoms with Crippen LogP contribution in [0.3, 0.4) is 0 Å². The Labute approximate surface area is 116 Å². The molecular formula is C15H28N4. The third-order valence-electron chi connectivity index (χ3n) is 6.11. The molecule has 0 radical (unpaired) electrons. The molecule has 0 aromatic carbocycles. The SMILES string of the molecule is CN1CC2CCC(CN3C[C@H](N)C4(CC4)C3)NC2C1. The first-order chi connectivity index (χ1) is 9.14. The Morgan fingerprint density at radius 2 is 2.05 bits per heavy atom. The lowest BCUT2D eigenvalue weighted by Gasteiger charge is -2.35. The van der Waals surface area contributed by atoms with E-state index in [-0.39, 0.29) is 0 Å². The van der Waals surface area contributed by atoms with E-state index in [1.54, 1.807) is 0 Å². The smallest absolute Gasteiger partial charge is 0.0238 e. The van der Waals surface area contributed by atoms with Crippen LogP contribution in [0.25, 0.3) is 0 Å². The Kier molecular flexibility index (Phi) is 2.92. The minimum atomic E-state index is 0.446. The van der Waals surface area contributed by atoms with Gasteiger partial charge in [-0.05, 0) is 44.1 Å². The molecule has 3 saturated heterocycles. The van der Waals surface area contributed by atoms with E-state index in [0.29, 0.717) is 17.5 Å². The summed E-state index contributed by atoms with van der Waals surface area (Å²) in [6.07, 6.45) is 5.52. The molecule has 4 rings (SSSR count). The van der Waals surface area contributed by atoms with E-state index in [4.69, 9.17) is 5.73 Å². The van der Waals surface area contributed by atoms with E-state index in [1.165, 1.54) is 51.9 Å². The van der Waals surface area contributed by atoms with Gasteiger partial charge in [0.2, 0.25) is 0 Å². The summed E-state index contributed by atoms with van der Waals surface area (Å²) in [5.74, 6) is 0.900. The van der Waals surface area contributed by atoms with Gasteiger partial charge in [0.25, 0.3) is 0 Å². The fourth-order valence-corrected chi connectivity index (χ4v) is 4.75. The van der Waals surface area contributed by atoms with E-state index >= 15 is 0 Å². The van der Waals surface area contributed by atoms with Crippen molar-refractivity contribution in [3.8, 4) is 0 Å². The van der Waals surface area contributed by atoms with Crippen molar-refractivity contribution in [2.75, 3.05) is 39.8 Å². The number of nitrogens with two attached hydrogens (primary N) is 1. The molecule has 1 aliphatic carbocycles. The van der Waals surface area contributed by atoms with Gasteiger partial charge in [0.05, 0.1) is 0 Å². The van der Waals surface area contributed by atoms with Crippen LogP contribution in [0.2, 0.25) is 0 Å². The number of nitrogens with one attached hydrogen (secondary N) is 1. The predicted octanol–water partition coefficient (Wildman–Crippen LogP) is 0.0917. The first kappa shape index (κ1) is 12.6. The first-order valence-corrected chi connectivity index (χ1v) is 8.07. The van der Waals surface area contributed by atoms with Crippen molar-refractivity contribution >= 4 is 0 Å². The van der Waals surface area contributed by atoms with Gasteiger partial charge in [0.15, 0.2) is 0 Å². The van der Waals surface area contributed by atoms with Gasteiger partial charge in [0, 0.05) is 50.8 Å². The summed E-state index contributed by atoms with van der Waals surface area (Å²) < 4.78 is 0. The van der Waals surface area contributed by atoms with Crippen LogP contribution in [0.1, 0.15) is 25.7 Å². The van der Waals surface area contributed by atoms with E-state index in [9.17, 15) is 0 Å². The highest BCUT2D eigenvalue weighted by Gasteiger charge is 2.53. The van der Waals surface area contributed by atoms with Crippen LogP contribution in [0, 0.1) is 11.3 Å². The highest BCUT2D eigenvalue weighted by Crippen LogP contribution is 2.51. The monoisotopic (exact) mass is 264 g/mol. The topological polar surface area (TPSA) is 44.5 Å². The average molecular weight is 264 g/mol. The molecule has 4 aliphatic rings. The molecule has 1 spiro atoms. The van der Waals surface area contributed by atoms with Crippen LogP contribution in [0.4, 0.5) is 0 Å². The second-order valence-corrected chi connectivity index (χ2v) is 7.69. The minimum absolute atomic E-state index is 0.446. The number of likely N-dealkylation sites (tertiary alicyclic amines) is 2. The number of likely N-dealkylation sites (N-methyl/N-ethyl adjacent to an activating group) is 1. The number of hydrogen-bond acceptors (Lipinski definition) is 4. The Morgan fingerprint density at radius 1 is 1.21 bits per heavy atom. The molecule has 4 nitrogen and oxygen atoms in total. The number of nitrogens with zero attached hydrogens (tertiary/aromatic N) is 2. The van der Waals surface area contributed by atoms with Gasteiger partial charge in [-0.25, -0.2) is 0 Å². The number of hydrogen-bond donors (Lipinski definition) is 2. The second kappa shape index (κ2) is 4.42. The Hall–Kier alpha value is -0.160. The zero-order chi connectivity index (χ0) is 13.0. The lowest BCUT2D eigenvalue weighted by Crippen LogP contribution is -2.51. The van der Waals surface area contributed by atoms with E-state index < -0.39 is 0 Å². The first-order valence-electron chi connectivity index (χ1n) is 8.07. The van der Waals surface area contributed by atoms with Gasteiger partial charge in [-0.1, -0.05) is 0 Å². The number of piperidine rings is 1. The summed E-state index contributed by atoms with van der Waals surface area (Å²) in [5.41, 5.74) is 6.84. The molecule has 0 aromatic heterocycles. The highest BCUT2D eigenvalue weighted by atomic mass is 15.2. The van der Waals surface area contributed by atoms with Gasteiger partial charge < -0.3 is 16.0 Å². The largest absolute Gasteiger partial charge is 0.326 e. The van der Waals surface area contributed by atoms with Crippen molar-refractivity contribution in [3.63, 3.8) is 0 Å². The quantitative estimate of drug-likeness (QED) is 0.742. The van der Waals surface area contributed by atoms with Gasteiger partial charge in [-0.15, -0.1) is 0 Å². The predicted molar refractivity (Wildman–Crippen MR) is 77.0 cm³/mol. The lowest BCUT2D eigenvalue weighted by molar-refractivity contribution is 0.209. The summed E-state index contributed by atoms with van der Waals surface area (Å²) in [7, 11) is 2.26. The van der Waals surface area contributed by atoms with Crippen molar-refractivity contribution in [2.45, 2.75) is 43.8 Å². The van der Waals surface area contributed by atoms with Gasteiger partial charge >= 0.3 is 0 Å². The van der Waals surface area contributed by atoms with Crippen molar-refractivity contribution < 1.29 is 0 Å². The molecule has 3 N–H and O–H groups in total. The maximum atomic E-state index is 6.31. The van der Waals surface area contributed by atoms with Crippen LogP contribution < -0.4 is 11.1 Å². The van der Waals surface area contributed by atoms with Crippen molar-refractivity contribution in [2.24, 2.45) is 17.1 Å². The van der Waals surface area contributed by atoms with Crippen LogP contribution >= 0.6 is 0 Å². The summed E-state index contributed by atoms with van der Waals surface area (Å²) in [6, 6.07) is 1.89. The molecule has 0 amide bonds. The number of rotatable bonds is 2. The molecule has 3 aliphatic heterocycles. The summed E-state index contributed by atoms with van der Waals surface area (Å²) in [6.45, 7) is 6.15. The standard InChI is InChI=1S/C15H28N4/c1-18-6-11-2-3-12(17-13(11)8-18)7-19-9-14(16)15(10-19)4-5-15/h11-14,17H,2-10,16H2,1H3/t11?,12?,13?,14-/m0/s1. The Morgan fingerprint density at radius 3 is 2.79 bits per heavy atom. The van der Waals surface area contributed by atoms with E-state index in [0.717, 1.165) is 18.5 Å². The van der Waals surface area contributed by atoms with Gasteiger partial charge in [-0.2, -0.15) is 0 Å². The maximum absolute atomic E-state index is 6.31. The van der Waals surface area contributed by atoms with Crippen molar-refractivity contribution in [1.29, 1.82) is 0 Å². The minimum Gasteiger partial charge on any atom is -0.326 e. The molecule has 3 unspecified atom stereocenters.